The summed E-state index contributed by atoms with van der Waals surface area (Å²) in [5.74, 6) is 2.01. The molecule has 0 bridgehead atoms. The minimum absolute atomic E-state index is 0.636. The van der Waals surface area contributed by atoms with Crippen molar-refractivity contribution in [2.75, 3.05) is 7.05 Å². The smallest absolute Gasteiger partial charge is 0.0100 e. The Morgan fingerprint density at radius 2 is 2.00 bits per heavy atom. The molecule has 0 saturated heterocycles. The van der Waals surface area contributed by atoms with Gasteiger partial charge in [-0.25, -0.2) is 0 Å². The largest absolute Gasteiger partial charge is 0.317 e. The van der Waals surface area contributed by atoms with Gasteiger partial charge in [-0.2, -0.15) is 0 Å². The third kappa shape index (κ3) is 1.90. The molecule has 2 saturated carbocycles. The van der Waals surface area contributed by atoms with Crippen molar-refractivity contribution >= 4 is 0 Å². The fourth-order valence-corrected chi connectivity index (χ4v) is 2.77. The molecule has 2 atom stereocenters. The van der Waals surface area contributed by atoms with E-state index in [4.69, 9.17) is 0 Å². The predicted molar refractivity (Wildman–Crippen MR) is 56.7 cm³/mol. The summed E-state index contributed by atoms with van der Waals surface area (Å²) in [6.07, 6.45) is 7.33. The van der Waals surface area contributed by atoms with Crippen molar-refractivity contribution in [3.63, 3.8) is 0 Å². The quantitative estimate of drug-likeness (QED) is 0.703. The molecule has 2 unspecified atom stereocenters. The summed E-state index contributed by atoms with van der Waals surface area (Å²) < 4.78 is 0. The maximum atomic E-state index is 3.52. The van der Waals surface area contributed by atoms with Gasteiger partial charge in [0.2, 0.25) is 0 Å². The Morgan fingerprint density at radius 3 is 2.31 bits per heavy atom. The van der Waals surface area contributed by atoms with Crippen molar-refractivity contribution in [1.82, 2.24) is 5.32 Å². The first-order chi connectivity index (χ1) is 6.13. The number of hydrogen-bond donors (Lipinski definition) is 1. The van der Waals surface area contributed by atoms with Gasteiger partial charge in [-0.3, -0.25) is 0 Å². The summed E-state index contributed by atoms with van der Waals surface area (Å²) in [6.45, 7) is 4.81. The number of rotatable bonds is 4. The second-order valence-electron chi connectivity index (χ2n) is 5.73. The second kappa shape index (κ2) is 3.27. The van der Waals surface area contributed by atoms with Crippen molar-refractivity contribution in [3.05, 3.63) is 0 Å². The van der Waals surface area contributed by atoms with E-state index in [0.29, 0.717) is 5.41 Å². The van der Waals surface area contributed by atoms with Crippen LogP contribution in [0.3, 0.4) is 0 Å². The Hall–Kier alpha value is -0.0400. The molecule has 0 heterocycles. The van der Waals surface area contributed by atoms with E-state index in [0.717, 1.165) is 17.9 Å². The average molecular weight is 181 g/mol. The fourth-order valence-electron chi connectivity index (χ4n) is 2.77. The molecule has 0 aromatic heterocycles. The van der Waals surface area contributed by atoms with Crippen LogP contribution in [0.25, 0.3) is 0 Å². The normalized spacial score (nSPS) is 33.9. The van der Waals surface area contributed by atoms with Gasteiger partial charge in [0.25, 0.3) is 0 Å². The van der Waals surface area contributed by atoms with E-state index < -0.39 is 0 Å². The molecule has 2 aliphatic rings. The average Bonchev–Trinajstić information content (AvgIpc) is 2.58. The minimum Gasteiger partial charge on any atom is -0.317 e. The highest BCUT2D eigenvalue weighted by Crippen LogP contribution is 2.55. The third-order valence-electron chi connectivity index (χ3n) is 4.26. The standard InChI is InChI=1S/C12H23N/c1-12(2)8-10(12)11(13-3)7-9-5-4-6-9/h9-11,13H,4-8H2,1-3H3. The molecule has 0 aromatic rings. The molecule has 2 fully saturated rings. The Kier molecular flexibility index (Phi) is 2.39. The van der Waals surface area contributed by atoms with Crippen molar-refractivity contribution in [2.24, 2.45) is 17.3 Å². The van der Waals surface area contributed by atoms with Gasteiger partial charge < -0.3 is 5.32 Å². The van der Waals surface area contributed by atoms with Gasteiger partial charge in [0.15, 0.2) is 0 Å². The summed E-state index contributed by atoms with van der Waals surface area (Å²) in [5, 5.41) is 3.52. The van der Waals surface area contributed by atoms with Crippen LogP contribution in [0.4, 0.5) is 0 Å². The molecule has 0 amide bonds. The molecule has 0 aliphatic heterocycles. The maximum Gasteiger partial charge on any atom is 0.0100 e. The third-order valence-corrected chi connectivity index (χ3v) is 4.26. The van der Waals surface area contributed by atoms with E-state index in [1.165, 1.54) is 32.1 Å². The molecular formula is C12H23N. The van der Waals surface area contributed by atoms with Crippen LogP contribution in [0.15, 0.2) is 0 Å². The van der Waals surface area contributed by atoms with Gasteiger partial charge in [-0.1, -0.05) is 33.1 Å². The molecule has 1 nitrogen and oxygen atoms in total. The molecule has 1 heteroatoms. The van der Waals surface area contributed by atoms with Gasteiger partial charge in [0.05, 0.1) is 0 Å². The zero-order valence-electron chi connectivity index (χ0n) is 9.27. The van der Waals surface area contributed by atoms with E-state index in [2.05, 4.69) is 26.2 Å². The Labute approximate surface area is 82.3 Å². The summed E-state index contributed by atoms with van der Waals surface area (Å²) in [6, 6.07) is 0.806. The molecule has 0 radical (unpaired) electrons. The highest BCUT2D eigenvalue weighted by Gasteiger charge is 2.49. The summed E-state index contributed by atoms with van der Waals surface area (Å²) in [4.78, 5) is 0. The molecule has 1 N–H and O–H groups in total. The van der Waals surface area contributed by atoms with Crippen molar-refractivity contribution in [2.45, 2.75) is 52.0 Å². The lowest BCUT2D eigenvalue weighted by atomic mass is 9.79. The van der Waals surface area contributed by atoms with E-state index in [1.54, 1.807) is 0 Å². The molecule has 76 valence electrons. The fraction of sp³-hybridized carbons (Fsp3) is 1.00. The van der Waals surface area contributed by atoms with Gasteiger partial charge in [-0.15, -0.1) is 0 Å². The Morgan fingerprint density at radius 1 is 1.38 bits per heavy atom. The number of hydrogen-bond acceptors (Lipinski definition) is 1. The van der Waals surface area contributed by atoms with Gasteiger partial charge in [-0.05, 0) is 37.1 Å². The highest BCUT2D eigenvalue weighted by atomic mass is 14.9. The van der Waals surface area contributed by atoms with Crippen LogP contribution in [0.1, 0.15) is 46.0 Å². The van der Waals surface area contributed by atoms with Crippen LogP contribution < -0.4 is 5.32 Å². The topological polar surface area (TPSA) is 12.0 Å². The second-order valence-corrected chi connectivity index (χ2v) is 5.73. The zero-order valence-corrected chi connectivity index (χ0v) is 9.27. The summed E-state index contributed by atoms with van der Waals surface area (Å²) in [7, 11) is 2.14. The van der Waals surface area contributed by atoms with Gasteiger partial charge >= 0.3 is 0 Å². The van der Waals surface area contributed by atoms with Crippen LogP contribution >= 0.6 is 0 Å². The van der Waals surface area contributed by atoms with Crippen molar-refractivity contribution in [1.29, 1.82) is 0 Å². The highest BCUT2D eigenvalue weighted by molar-refractivity contribution is 5.02. The SMILES string of the molecule is CNC(CC1CCC1)C1CC1(C)C. The first-order valence-corrected chi connectivity index (χ1v) is 5.81. The Balaban J connectivity index is 1.80. The Bertz CT molecular complexity index is 182. The first kappa shape index (κ1) is 9.51. The molecule has 0 spiro atoms. The van der Waals surface area contributed by atoms with Gasteiger partial charge in [0, 0.05) is 6.04 Å². The molecule has 2 aliphatic carbocycles. The van der Waals surface area contributed by atoms with Crippen LogP contribution in [0.5, 0.6) is 0 Å². The lowest BCUT2D eigenvalue weighted by molar-refractivity contribution is 0.245. The lowest BCUT2D eigenvalue weighted by Crippen LogP contribution is -2.33. The van der Waals surface area contributed by atoms with Crippen LogP contribution in [0.2, 0.25) is 0 Å². The van der Waals surface area contributed by atoms with E-state index in [9.17, 15) is 0 Å². The molecule has 2 rings (SSSR count). The van der Waals surface area contributed by atoms with E-state index in [-0.39, 0.29) is 0 Å². The lowest BCUT2D eigenvalue weighted by Gasteiger charge is -2.30. The van der Waals surface area contributed by atoms with Crippen LogP contribution in [0, 0.1) is 17.3 Å². The summed E-state index contributed by atoms with van der Waals surface area (Å²) >= 11 is 0. The maximum absolute atomic E-state index is 3.52. The van der Waals surface area contributed by atoms with E-state index in [1.807, 2.05) is 0 Å². The first-order valence-electron chi connectivity index (χ1n) is 5.81. The molecular weight excluding hydrogens is 158 g/mol. The minimum atomic E-state index is 0.636. The van der Waals surface area contributed by atoms with Crippen molar-refractivity contribution in [3.8, 4) is 0 Å². The van der Waals surface area contributed by atoms with Crippen molar-refractivity contribution < 1.29 is 0 Å². The van der Waals surface area contributed by atoms with E-state index >= 15 is 0 Å². The number of nitrogens with one attached hydrogen (secondary N) is 1. The monoisotopic (exact) mass is 181 g/mol. The molecule has 13 heavy (non-hydrogen) atoms. The van der Waals surface area contributed by atoms with Crippen LogP contribution in [-0.2, 0) is 0 Å². The van der Waals surface area contributed by atoms with Crippen LogP contribution in [-0.4, -0.2) is 13.1 Å². The predicted octanol–water partition coefficient (Wildman–Crippen LogP) is 2.81. The molecule has 0 aromatic carbocycles. The summed E-state index contributed by atoms with van der Waals surface area (Å²) in [5.41, 5.74) is 0.636. The zero-order chi connectivity index (χ0) is 9.47. The van der Waals surface area contributed by atoms with Gasteiger partial charge in [0.1, 0.15) is 0 Å².